The summed E-state index contributed by atoms with van der Waals surface area (Å²) in [5, 5.41) is 12.9. The van der Waals surface area contributed by atoms with E-state index >= 15 is 0 Å². The molecular weight excluding hydrogens is 546 g/mol. The van der Waals surface area contributed by atoms with Gasteiger partial charge in [-0.25, -0.2) is 24.6 Å². The summed E-state index contributed by atoms with van der Waals surface area (Å²) < 4.78 is 85.2. The topological polar surface area (TPSA) is 122 Å². The van der Waals surface area contributed by atoms with Crippen LogP contribution in [0.4, 0.5) is 31.3 Å². The number of aliphatic hydroxyl groups excluding tert-OH is 1. The molecule has 1 aliphatic heterocycles. The summed E-state index contributed by atoms with van der Waals surface area (Å²) in [6.07, 6.45) is -6.76. The van der Waals surface area contributed by atoms with Crippen molar-refractivity contribution in [2.24, 2.45) is 0 Å². The Bertz CT molecular complexity index is 1260. The van der Waals surface area contributed by atoms with E-state index in [1.54, 1.807) is 0 Å². The van der Waals surface area contributed by atoms with Gasteiger partial charge in [0.15, 0.2) is 5.82 Å². The predicted octanol–water partition coefficient (Wildman–Crippen LogP) is 2.09. The lowest BCUT2D eigenvalue weighted by molar-refractivity contribution is -0.145. The monoisotopic (exact) mass is 566 g/mol. The summed E-state index contributed by atoms with van der Waals surface area (Å²) in [6.45, 7) is -0.449. The Balaban J connectivity index is 1.56. The van der Waals surface area contributed by atoms with E-state index in [2.05, 4.69) is 25.0 Å². The fourth-order valence-electron chi connectivity index (χ4n) is 3.79. The summed E-state index contributed by atoms with van der Waals surface area (Å²) in [5.41, 5.74) is -0.391. The van der Waals surface area contributed by atoms with Crippen molar-refractivity contribution in [2.75, 3.05) is 38.3 Å². The van der Waals surface area contributed by atoms with E-state index in [0.29, 0.717) is 17.2 Å². The predicted molar refractivity (Wildman–Crippen MR) is 119 cm³/mol. The molecule has 0 aromatic carbocycles. The Morgan fingerprint density at radius 2 is 1.84 bits per heavy atom. The molecule has 3 aromatic rings. The first-order chi connectivity index (χ1) is 17.9. The van der Waals surface area contributed by atoms with Crippen LogP contribution in [0.2, 0.25) is 0 Å². The van der Waals surface area contributed by atoms with Crippen molar-refractivity contribution in [3.63, 3.8) is 0 Å². The second-order valence-corrected chi connectivity index (χ2v) is 9.10. The molecule has 1 fully saturated rings. The maximum Gasteiger partial charge on any atom is 0.451 e. The number of rotatable bonds is 7. The maximum absolute atomic E-state index is 13.5. The van der Waals surface area contributed by atoms with Crippen LogP contribution in [-0.2, 0) is 35.0 Å². The van der Waals surface area contributed by atoms with Crippen molar-refractivity contribution in [1.82, 2.24) is 34.6 Å². The van der Waals surface area contributed by atoms with Crippen LogP contribution in [0.25, 0.3) is 11.3 Å². The molecule has 3 aromatic heterocycles. The minimum Gasteiger partial charge on any atom is -0.394 e. The van der Waals surface area contributed by atoms with Crippen LogP contribution in [0.15, 0.2) is 18.7 Å². The lowest BCUT2D eigenvalue weighted by Crippen LogP contribution is -2.57. The molecule has 11 nitrogen and oxygen atoms in total. The Morgan fingerprint density at radius 3 is 2.45 bits per heavy atom. The van der Waals surface area contributed by atoms with Gasteiger partial charge >= 0.3 is 12.4 Å². The summed E-state index contributed by atoms with van der Waals surface area (Å²) in [7, 11) is 1.47. The SMILES string of the molecule is COCc1ncn(CC(=O)N2CCN(c3sc(C(F)(F)F)nc3-c3cnc(C(F)(F)F)nc3)C[C@@H]2CO)n1. The zero-order chi connectivity index (χ0) is 27.7. The Morgan fingerprint density at radius 1 is 1.13 bits per heavy atom. The molecule has 0 spiro atoms. The molecule has 206 valence electrons. The number of ether oxygens (including phenoxy) is 1. The molecule has 0 saturated carbocycles. The molecule has 1 amide bonds. The van der Waals surface area contributed by atoms with Crippen molar-refractivity contribution in [3.8, 4) is 11.3 Å². The Labute approximate surface area is 214 Å². The normalized spacial score (nSPS) is 16.8. The van der Waals surface area contributed by atoms with E-state index in [1.165, 1.54) is 27.9 Å². The van der Waals surface area contributed by atoms with E-state index in [9.17, 15) is 36.2 Å². The highest BCUT2D eigenvalue weighted by atomic mass is 32.1. The van der Waals surface area contributed by atoms with Gasteiger partial charge in [-0.3, -0.25) is 4.79 Å². The van der Waals surface area contributed by atoms with E-state index in [-0.39, 0.29) is 49.0 Å². The number of nitrogens with zero attached hydrogens (tertiary/aromatic N) is 8. The van der Waals surface area contributed by atoms with Crippen molar-refractivity contribution < 1.29 is 41.0 Å². The van der Waals surface area contributed by atoms with Gasteiger partial charge in [0.25, 0.3) is 0 Å². The maximum atomic E-state index is 13.5. The Hall–Kier alpha value is -3.38. The fourth-order valence-corrected chi connectivity index (χ4v) is 4.78. The number of thiazole rings is 1. The molecule has 0 radical (unpaired) electrons. The van der Waals surface area contributed by atoms with Gasteiger partial charge in [-0.05, 0) is 0 Å². The first-order valence-electron chi connectivity index (χ1n) is 10.9. The van der Waals surface area contributed by atoms with Crippen LogP contribution >= 0.6 is 11.3 Å². The van der Waals surface area contributed by atoms with Gasteiger partial charge in [0, 0.05) is 44.7 Å². The smallest absolute Gasteiger partial charge is 0.394 e. The van der Waals surface area contributed by atoms with E-state index in [4.69, 9.17) is 4.74 Å². The molecule has 0 aliphatic carbocycles. The van der Waals surface area contributed by atoms with Crippen LogP contribution in [-0.4, -0.2) is 85.0 Å². The summed E-state index contributed by atoms with van der Waals surface area (Å²) >= 11 is 0.302. The van der Waals surface area contributed by atoms with Crippen LogP contribution in [0, 0.1) is 0 Å². The first kappa shape index (κ1) is 27.6. The second kappa shape index (κ2) is 10.8. The fraction of sp³-hybridized carbons (Fsp3) is 0.500. The molecule has 18 heteroatoms. The molecule has 4 rings (SSSR count). The van der Waals surface area contributed by atoms with Gasteiger partial charge in [-0.2, -0.15) is 31.4 Å². The number of amides is 1. The number of aliphatic hydroxyl groups is 1. The number of aromatic nitrogens is 6. The highest BCUT2D eigenvalue weighted by Crippen LogP contribution is 2.43. The molecule has 1 aliphatic rings. The number of alkyl halides is 6. The van der Waals surface area contributed by atoms with Crippen molar-refractivity contribution in [3.05, 3.63) is 35.4 Å². The molecule has 0 unspecified atom stereocenters. The quantitative estimate of drug-likeness (QED) is 0.429. The molecular formula is C20H20F6N8O3S. The number of anilines is 1. The lowest BCUT2D eigenvalue weighted by atomic mass is 10.1. The Kier molecular flexibility index (Phi) is 7.84. The average molecular weight is 566 g/mol. The second-order valence-electron chi connectivity index (χ2n) is 8.12. The van der Waals surface area contributed by atoms with Crippen LogP contribution < -0.4 is 4.90 Å². The number of carbonyl (C=O) groups excluding carboxylic acids is 1. The number of piperazine rings is 1. The lowest BCUT2D eigenvalue weighted by Gasteiger charge is -2.41. The van der Waals surface area contributed by atoms with Gasteiger partial charge in [-0.1, -0.05) is 11.3 Å². The minimum atomic E-state index is -4.82. The number of hydrogen-bond acceptors (Lipinski definition) is 10. The van der Waals surface area contributed by atoms with Gasteiger partial charge < -0.3 is 19.6 Å². The highest BCUT2D eigenvalue weighted by Gasteiger charge is 2.39. The van der Waals surface area contributed by atoms with E-state index < -0.39 is 41.7 Å². The van der Waals surface area contributed by atoms with Crippen molar-refractivity contribution >= 4 is 22.2 Å². The number of hydrogen-bond donors (Lipinski definition) is 1. The number of methoxy groups -OCH3 is 1. The molecule has 38 heavy (non-hydrogen) atoms. The third kappa shape index (κ3) is 6.02. The number of halogens is 6. The highest BCUT2D eigenvalue weighted by molar-refractivity contribution is 7.16. The van der Waals surface area contributed by atoms with Gasteiger partial charge in [0.1, 0.15) is 30.2 Å². The average Bonchev–Trinajstić information content (AvgIpc) is 3.51. The van der Waals surface area contributed by atoms with Crippen molar-refractivity contribution in [2.45, 2.75) is 31.5 Å². The summed E-state index contributed by atoms with van der Waals surface area (Å²) in [6, 6.07) is -0.786. The molecule has 1 atom stereocenters. The molecule has 0 bridgehead atoms. The van der Waals surface area contributed by atoms with Crippen LogP contribution in [0.5, 0.6) is 0 Å². The van der Waals surface area contributed by atoms with Crippen LogP contribution in [0.1, 0.15) is 16.7 Å². The minimum absolute atomic E-state index is 0.00622. The van der Waals surface area contributed by atoms with Crippen LogP contribution in [0.3, 0.4) is 0 Å². The zero-order valence-corrected chi connectivity index (χ0v) is 20.4. The van der Waals surface area contributed by atoms with Gasteiger partial charge in [-0.15, -0.1) is 0 Å². The third-order valence-corrected chi connectivity index (χ3v) is 6.65. The molecule has 1 saturated heterocycles. The standard InChI is InChI=1S/C20H20F6N8O3S/c1-37-9-13-29-10-33(31-13)7-14(36)34-3-2-32(6-12(34)8-35)16-15(30-18(38-16)20(24,25)26)11-4-27-17(28-5-11)19(21,22)23/h4-5,10,12,35H,2-3,6-9H2,1H3/t12-/m1/s1. The summed E-state index contributed by atoms with van der Waals surface area (Å²) in [5.74, 6) is -1.47. The molecule has 4 heterocycles. The van der Waals surface area contributed by atoms with Gasteiger partial charge in [0.05, 0.1) is 12.6 Å². The first-order valence-corrected chi connectivity index (χ1v) is 11.7. The van der Waals surface area contributed by atoms with Crippen molar-refractivity contribution in [1.29, 1.82) is 0 Å². The molecule has 1 N–H and O–H groups in total. The zero-order valence-electron chi connectivity index (χ0n) is 19.6. The van der Waals surface area contributed by atoms with E-state index in [0.717, 1.165) is 12.4 Å². The number of carbonyl (C=O) groups is 1. The van der Waals surface area contributed by atoms with E-state index in [1.807, 2.05) is 0 Å². The third-order valence-electron chi connectivity index (χ3n) is 5.49. The van der Waals surface area contributed by atoms with Gasteiger partial charge in [0.2, 0.25) is 16.7 Å². The largest absolute Gasteiger partial charge is 0.451 e. The summed E-state index contributed by atoms with van der Waals surface area (Å²) in [4.78, 5) is 29.8.